The number of anilines is 2. The van der Waals surface area contributed by atoms with E-state index in [0.717, 1.165) is 51.9 Å². The van der Waals surface area contributed by atoms with Crippen LogP contribution in [0, 0.1) is 0 Å². The van der Waals surface area contributed by atoms with E-state index in [1.165, 1.54) is 25.7 Å². The third-order valence-electron chi connectivity index (χ3n) is 4.64. The summed E-state index contributed by atoms with van der Waals surface area (Å²) in [5.41, 5.74) is 4.63. The number of nitrogens with one attached hydrogen (secondary N) is 1. The lowest BCUT2D eigenvalue weighted by atomic mass is 10.1. The van der Waals surface area contributed by atoms with Crippen molar-refractivity contribution >= 4 is 33.3 Å². The fraction of sp³-hybridized carbons (Fsp3) is 0.318. The number of thiazole rings is 1. The lowest BCUT2D eigenvalue weighted by molar-refractivity contribution is 0.507. The largest absolute Gasteiger partial charge is 0.441 e. The molecule has 0 spiro atoms. The molecule has 3 heterocycles. The molecule has 3 aromatic heterocycles. The van der Waals surface area contributed by atoms with Crippen LogP contribution in [-0.4, -0.2) is 15.0 Å². The van der Waals surface area contributed by atoms with E-state index in [0.29, 0.717) is 0 Å². The van der Waals surface area contributed by atoms with Crippen LogP contribution in [0.5, 0.6) is 0 Å². The molecule has 0 unspecified atom stereocenters. The van der Waals surface area contributed by atoms with Crippen LogP contribution in [-0.2, 0) is 6.42 Å². The standard InChI is InChI=1S/C22H24N4OS/c1-2-3-4-5-6-9-21-25-18-13-17(10-11-20(18)27-21)24-22-26-19(15-28-22)16-8-7-12-23-14-16/h7-8,10-15H,2-6,9H2,1H3,(H,24,26). The highest BCUT2D eigenvalue weighted by atomic mass is 32.1. The molecule has 0 fully saturated rings. The first-order valence-electron chi connectivity index (χ1n) is 9.84. The highest BCUT2D eigenvalue weighted by Gasteiger charge is 2.09. The van der Waals surface area contributed by atoms with Crippen molar-refractivity contribution in [1.82, 2.24) is 15.0 Å². The highest BCUT2D eigenvalue weighted by molar-refractivity contribution is 7.14. The van der Waals surface area contributed by atoms with Crippen LogP contribution < -0.4 is 5.32 Å². The number of hydrogen-bond donors (Lipinski definition) is 1. The summed E-state index contributed by atoms with van der Waals surface area (Å²) in [6, 6.07) is 9.92. The van der Waals surface area contributed by atoms with Crippen molar-refractivity contribution in [3.05, 3.63) is 54.0 Å². The summed E-state index contributed by atoms with van der Waals surface area (Å²) in [5, 5.41) is 6.24. The summed E-state index contributed by atoms with van der Waals surface area (Å²) in [7, 11) is 0. The number of pyridine rings is 1. The van der Waals surface area contributed by atoms with Crippen molar-refractivity contribution in [3.8, 4) is 11.3 Å². The molecular weight excluding hydrogens is 368 g/mol. The van der Waals surface area contributed by atoms with E-state index in [1.807, 2.05) is 41.9 Å². The summed E-state index contributed by atoms with van der Waals surface area (Å²) in [4.78, 5) is 13.5. The van der Waals surface area contributed by atoms with Gasteiger partial charge in [0.05, 0.1) is 5.69 Å². The van der Waals surface area contributed by atoms with Crippen LogP contribution in [0.2, 0.25) is 0 Å². The van der Waals surface area contributed by atoms with E-state index >= 15 is 0 Å². The zero-order chi connectivity index (χ0) is 19.2. The van der Waals surface area contributed by atoms with Gasteiger partial charge in [-0.25, -0.2) is 9.97 Å². The summed E-state index contributed by atoms with van der Waals surface area (Å²) in [6.45, 7) is 2.23. The number of nitrogens with zero attached hydrogens (tertiary/aromatic N) is 3. The predicted octanol–water partition coefficient (Wildman–Crippen LogP) is 6.60. The van der Waals surface area contributed by atoms with Gasteiger partial charge < -0.3 is 9.73 Å². The first-order valence-corrected chi connectivity index (χ1v) is 10.7. The average Bonchev–Trinajstić information content (AvgIpc) is 3.35. The lowest BCUT2D eigenvalue weighted by Crippen LogP contribution is -1.89. The van der Waals surface area contributed by atoms with E-state index in [4.69, 9.17) is 4.42 Å². The van der Waals surface area contributed by atoms with Crippen LogP contribution >= 0.6 is 11.3 Å². The molecule has 0 aliphatic carbocycles. The van der Waals surface area contributed by atoms with Gasteiger partial charge in [-0.05, 0) is 36.8 Å². The second-order valence-electron chi connectivity index (χ2n) is 6.86. The van der Waals surface area contributed by atoms with E-state index < -0.39 is 0 Å². The second kappa shape index (κ2) is 8.97. The van der Waals surface area contributed by atoms with E-state index in [-0.39, 0.29) is 0 Å². The van der Waals surface area contributed by atoms with E-state index in [1.54, 1.807) is 17.5 Å². The van der Waals surface area contributed by atoms with Crippen LogP contribution in [0.15, 0.2) is 52.5 Å². The number of rotatable bonds is 9. The van der Waals surface area contributed by atoms with Gasteiger partial charge >= 0.3 is 0 Å². The van der Waals surface area contributed by atoms with Crippen molar-refractivity contribution in [2.24, 2.45) is 0 Å². The molecule has 144 valence electrons. The molecule has 0 aliphatic rings. The van der Waals surface area contributed by atoms with Crippen LogP contribution in [0.4, 0.5) is 10.8 Å². The van der Waals surface area contributed by atoms with Crippen molar-refractivity contribution in [1.29, 1.82) is 0 Å². The third-order valence-corrected chi connectivity index (χ3v) is 5.40. The van der Waals surface area contributed by atoms with E-state index in [9.17, 15) is 0 Å². The van der Waals surface area contributed by atoms with Gasteiger partial charge in [0.2, 0.25) is 0 Å². The summed E-state index contributed by atoms with van der Waals surface area (Å²) in [5.74, 6) is 0.830. The van der Waals surface area contributed by atoms with Gasteiger partial charge in [0.25, 0.3) is 0 Å². The number of hydrogen-bond acceptors (Lipinski definition) is 6. The number of unbranched alkanes of at least 4 members (excludes halogenated alkanes) is 4. The molecule has 5 nitrogen and oxygen atoms in total. The monoisotopic (exact) mass is 392 g/mol. The van der Waals surface area contributed by atoms with Gasteiger partial charge in [0.15, 0.2) is 16.6 Å². The summed E-state index contributed by atoms with van der Waals surface area (Å²) in [6.07, 6.45) is 10.7. The Morgan fingerprint density at radius 2 is 2.00 bits per heavy atom. The van der Waals surface area contributed by atoms with Gasteiger partial charge in [0, 0.05) is 35.4 Å². The van der Waals surface area contributed by atoms with Crippen molar-refractivity contribution < 1.29 is 4.42 Å². The summed E-state index contributed by atoms with van der Waals surface area (Å²) >= 11 is 1.57. The molecule has 0 bridgehead atoms. The molecule has 0 atom stereocenters. The molecule has 1 aromatic carbocycles. The van der Waals surface area contributed by atoms with Crippen LogP contribution in [0.1, 0.15) is 44.9 Å². The SMILES string of the molecule is CCCCCCCc1nc2cc(Nc3nc(-c4cccnc4)cs3)ccc2o1. The minimum absolute atomic E-state index is 0.830. The minimum Gasteiger partial charge on any atom is -0.441 e. The lowest BCUT2D eigenvalue weighted by Gasteiger charge is -2.01. The smallest absolute Gasteiger partial charge is 0.195 e. The van der Waals surface area contributed by atoms with Crippen molar-refractivity contribution in [2.45, 2.75) is 45.4 Å². The maximum atomic E-state index is 5.88. The second-order valence-corrected chi connectivity index (χ2v) is 7.72. The fourth-order valence-corrected chi connectivity index (χ4v) is 3.88. The number of benzene rings is 1. The molecular formula is C22H24N4OS. The third kappa shape index (κ3) is 4.57. The molecule has 28 heavy (non-hydrogen) atoms. The average molecular weight is 393 g/mol. The van der Waals surface area contributed by atoms with Gasteiger partial charge in [-0.15, -0.1) is 11.3 Å². The highest BCUT2D eigenvalue weighted by Crippen LogP contribution is 2.28. The predicted molar refractivity (Wildman–Crippen MR) is 115 cm³/mol. The Bertz CT molecular complexity index is 1030. The maximum absolute atomic E-state index is 5.88. The molecule has 0 amide bonds. The van der Waals surface area contributed by atoms with Gasteiger partial charge in [-0.1, -0.05) is 32.6 Å². The zero-order valence-corrected chi connectivity index (χ0v) is 16.8. The first kappa shape index (κ1) is 18.6. The minimum atomic E-state index is 0.830. The Morgan fingerprint density at radius 1 is 1.07 bits per heavy atom. The van der Waals surface area contributed by atoms with Gasteiger partial charge in [-0.3, -0.25) is 4.98 Å². The Labute approximate surface area is 168 Å². The number of aryl methyl sites for hydroxylation is 1. The molecule has 0 saturated carbocycles. The Kier molecular flexibility index (Phi) is 5.97. The molecule has 0 radical (unpaired) electrons. The number of fused-ring (bicyclic) bond motifs is 1. The van der Waals surface area contributed by atoms with Crippen LogP contribution in [0.25, 0.3) is 22.4 Å². The topological polar surface area (TPSA) is 63.8 Å². The maximum Gasteiger partial charge on any atom is 0.195 e. The summed E-state index contributed by atoms with van der Waals surface area (Å²) < 4.78 is 5.88. The van der Waals surface area contributed by atoms with Gasteiger partial charge in [0.1, 0.15) is 5.52 Å². The molecule has 6 heteroatoms. The molecule has 0 aliphatic heterocycles. The Hall–Kier alpha value is -2.73. The van der Waals surface area contributed by atoms with Crippen molar-refractivity contribution in [3.63, 3.8) is 0 Å². The quantitative estimate of drug-likeness (QED) is 0.325. The Morgan fingerprint density at radius 3 is 2.86 bits per heavy atom. The molecule has 0 saturated heterocycles. The van der Waals surface area contributed by atoms with Crippen molar-refractivity contribution in [2.75, 3.05) is 5.32 Å². The van der Waals surface area contributed by atoms with E-state index in [2.05, 4.69) is 27.2 Å². The number of aromatic nitrogens is 3. The first-order chi connectivity index (χ1) is 13.8. The van der Waals surface area contributed by atoms with Gasteiger partial charge in [-0.2, -0.15) is 0 Å². The Balaban J connectivity index is 1.41. The molecule has 1 N–H and O–H groups in total. The fourth-order valence-electron chi connectivity index (χ4n) is 3.14. The molecule has 4 aromatic rings. The number of oxazole rings is 1. The molecule has 4 rings (SSSR count). The van der Waals surface area contributed by atoms with Crippen LogP contribution in [0.3, 0.4) is 0 Å². The normalized spacial score (nSPS) is 11.2. The zero-order valence-electron chi connectivity index (χ0n) is 16.0.